The number of sulfone groups is 1. The van der Waals surface area contributed by atoms with Crippen molar-refractivity contribution in [3.05, 3.63) is 0 Å². The van der Waals surface area contributed by atoms with Gasteiger partial charge >= 0.3 is 6.09 Å². The third-order valence-corrected chi connectivity index (χ3v) is 6.12. The van der Waals surface area contributed by atoms with Crippen LogP contribution in [0, 0.1) is 0 Å². The maximum absolute atomic E-state index is 12.0. The van der Waals surface area contributed by atoms with E-state index in [9.17, 15) is 13.2 Å². The molecule has 1 saturated heterocycles. The Morgan fingerprint density at radius 1 is 1.18 bits per heavy atom. The molecule has 1 rings (SSSR count). The smallest absolute Gasteiger partial charge is 0.410 e. The molecule has 1 aliphatic rings. The number of amides is 1. The molecule has 0 unspecified atom stereocenters. The van der Waals surface area contributed by atoms with Gasteiger partial charge in [-0.3, -0.25) is 0 Å². The first-order valence-corrected chi connectivity index (χ1v) is 9.62. The van der Waals surface area contributed by atoms with Crippen molar-refractivity contribution in [2.45, 2.75) is 63.9 Å². The van der Waals surface area contributed by atoms with E-state index in [1.54, 1.807) is 18.7 Å². The van der Waals surface area contributed by atoms with Crippen molar-refractivity contribution in [3.8, 4) is 0 Å². The first-order chi connectivity index (χ1) is 9.82. The van der Waals surface area contributed by atoms with E-state index in [1.807, 2.05) is 20.8 Å². The predicted molar refractivity (Wildman–Crippen MR) is 87.8 cm³/mol. The highest BCUT2D eigenvalue weighted by Gasteiger charge is 2.32. The second-order valence-electron chi connectivity index (χ2n) is 7.65. The zero-order chi connectivity index (χ0) is 17.2. The highest BCUT2D eigenvalue weighted by molar-refractivity contribution is 7.92. The number of rotatable bonds is 4. The van der Waals surface area contributed by atoms with Gasteiger partial charge in [-0.05, 0) is 47.5 Å². The Kier molecular flexibility index (Phi) is 5.89. The highest BCUT2D eigenvalue weighted by Crippen LogP contribution is 2.18. The molecule has 0 saturated carbocycles. The summed E-state index contributed by atoms with van der Waals surface area (Å²) in [7, 11) is -3.09. The highest BCUT2D eigenvalue weighted by atomic mass is 32.2. The molecule has 1 N–H and O–H groups in total. The van der Waals surface area contributed by atoms with Crippen molar-refractivity contribution in [3.63, 3.8) is 0 Å². The number of carbonyl (C=O) groups excluding carboxylic acids is 1. The lowest BCUT2D eigenvalue weighted by Gasteiger charge is -2.35. The van der Waals surface area contributed by atoms with Gasteiger partial charge in [-0.2, -0.15) is 0 Å². The molecule has 22 heavy (non-hydrogen) atoms. The molecule has 0 aromatic rings. The van der Waals surface area contributed by atoms with Crippen molar-refractivity contribution in [1.29, 1.82) is 0 Å². The molecule has 130 valence electrons. The number of hydrogen-bond acceptors (Lipinski definition) is 5. The minimum absolute atomic E-state index is 0.236. The van der Waals surface area contributed by atoms with E-state index in [4.69, 9.17) is 4.74 Å². The van der Waals surface area contributed by atoms with E-state index in [-0.39, 0.29) is 12.1 Å². The summed E-state index contributed by atoms with van der Waals surface area (Å²) >= 11 is 0. The van der Waals surface area contributed by atoms with Gasteiger partial charge in [-0.25, -0.2) is 13.2 Å². The van der Waals surface area contributed by atoms with Crippen molar-refractivity contribution >= 4 is 15.9 Å². The number of nitrogens with zero attached hydrogens (tertiary/aromatic N) is 1. The molecular formula is C15H30N2O4S. The summed E-state index contributed by atoms with van der Waals surface area (Å²) < 4.78 is 28.0. The SMILES string of the molecule is CC(C)(C)OC(=O)N1CCC(NCC(C)(C)S(C)(=O)=O)CC1. The first-order valence-electron chi connectivity index (χ1n) is 7.73. The van der Waals surface area contributed by atoms with Gasteiger partial charge in [0, 0.05) is 31.9 Å². The van der Waals surface area contributed by atoms with Crippen LogP contribution in [-0.4, -0.2) is 61.7 Å². The van der Waals surface area contributed by atoms with Gasteiger partial charge in [0.05, 0.1) is 4.75 Å². The van der Waals surface area contributed by atoms with Gasteiger partial charge in [-0.1, -0.05) is 0 Å². The summed E-state index contributed by atoms with van der Waals surface area (Å²) in [5.41, 5.74) is -0.480. The van der Waals surface area contributed by atoms with E-state index in [1.165, 1.54) is 6.26 Å². The second kappa shape index (κ2) is 6.74. The Hall–Kier alpha value is -0.820. The number of nitrogens with one attached hydrogen (secondary N) is 1. The lowest BCUT2D eigenvalue weighted by Crippen LogP contribution is -2.50. The molecule has 1 amide bonds. The minimum atomic E-state index is -3.09. The maximum Gasteiger partial charge on any atom is 0.410 e. The molecule has 0 spiro atoms. The van der Waals surface area contributed by atoms with Crippen molar-refractivity contribution in [1.82, 2.24) is 10.2 Å². The van der Waals surface area contributed by atoms with Gasteiger partial charge in [0.2, 0.25) is 0 Å². The molecule has 0 radical (unpaired) electrons. The molecule has 6 nitrogen and oxygen atoms in total. The number of ether oxygens (including phenoxy) is 1. The van der Waals surface area contributed by atoms with Crippen LogP contribution in [-0.2, 0) is 14.6 Å². The minimum Gasteiger partial charge on any atom is -0.444 e. The first kappa shape index (κ1) is 19.2. The molecule has 1 aliphatic heterocycles. The molecule has 0 aliphatic carbocycles. The van der Waals surface area contributed by atoms with Crippen LogP contribution in [0.15, 0.2) is 0 Å². The third-order valence-electron chi connectivity index (χ3n) is 3.97. The predicted octanol–water partition coefficient (Wildman–Crippen LogP) is 1.80. The van der Waals surface area contributed by atoms with Gasteiger partial charge < -0.3 is 15.0 Å². The Morgan fingerprint density at radius 3 is 2.09 bits per heavy atom. The normalized spacial score (nSPS) is 18.4. The Bertz CT molecular complexity index is 486. The molecule has 1 fully saturated rings. The number of hydrogen-bond donors (Lipinski definition) is 1. The molecule has 7 heteroatoms. The summed E-state index contributed by atoms with van der Waals surface area (Å²) in [6.07, 6.45) is 2.60. The standard InChI is InChI=1S/C15H30N2O4S/c1-14(2,3)21-13(18)17-9-7-12(8-10-17)16-11-15(4,5)22(6,19)20/h12,16H,7-11H2,1-6H3. The van der Waals surface area contributed by atoms with Gasteiger partial charge in [0.25, 0.3) is 0 Å². The van der Waals surface area contributed by atoms with E-state index in [0.29, 0.717) is 19.6 Å². The fourth-order valence-electron chi connectivity index (χ4n) is 2.11. The largest absolute Gasteiger partial charge is 0.444 e. The topological polar surface area (TPSA) is 75.7 Å². The fraction of sp³-hybridized carbons (Fsp3) is 0.933. The maximum atomic E-state index is 12.0. The quantitative estimate of drug-likeness (QED) is 0.848. The summed E-state index contributed by atoms with van der Waals surface area (Å²) in [6.45, 7) is 10.7. The molecule has 0 bridgehead atoms. The molecular weight excluding hydrogens is 304 g/mol. The van der Waals surface area contributed by atoms with Crippen molar-refractivity contribution in [2.24, 2.45) is 0 Å². The Balaban J connectivity index is 2.42. The van der Waals surface area contributed by atoms with Gasteiger partial charge in [0.15, 0.2) is 9.84 Å². The summed E-state index contributed by atoms with van der Waals surface area (Å²) in [4.78, 5) is 13.7. The van der Waals surface area contributed by atoms with Crippen LogP contribution < -0.4 is 5.32 Å². The van der Waals surface area contributed by atoms with E-state index in [2.05, 4.69) is 5.32 Å². The van der Waals surface area contributed by atoms with Crippen LogP contribution >= 0.6 is 0 Å². The molecule has 0 aromatic heterocycles. The summed E-state index contributed by atoms with van der Waals surface area (Å²) in [6, 6.07) is 0.236. The van der Waals surface area contributed by atoms with Crippen LogP contribution in [0.1, 0.15) is 47.5 Å². The molecule has 0 aromatic carbocycles. The van der Waals surface area contributed by atoms with E-state index >= 15 is 0 Å². The van der Waals surface area contributed by atoms with Gasteiger partial charge in [0.1, 0.15) is 5.60 Å². The van der Waals surface area contributed by atoms with E-state index < -0.39 is 20.2 Å². The number of piperidine rings is 1. The Labute approximate surface area is 134 Å². The van der Waals surface area contributed by atoms with Gasteiger partial charge in [-0.15, -0.1) is 0 Å². The van der Waals surface area contributed by atoms with Crippen LogP contribution in [0.3, 0.4) is 0 Å². The van der Waals surface area contributed by atoms with Crippen LogP contribution in [0.25, 0.3) is 0 Å². The van der Waals surface area contributed by atoms with Crippen LogP contribution in [0.4, 0.5) is 4.79 Å². The summed E-state index contributed by atoms with van der Waals surface area (Å²) in [5, 5.41) is 3.32. The lowest BCUT2D eigenvalue weighted by molar-refractivity contribution is 0.0198. The average molecular weight is 334 g/mol. The Morgan fingerprint density at radius 2 is 1.68 bits per heavy atom. The number of carbonyl (C=O) groups is 1. The lowest BCUT2D eigenvalue weighted by atomic mass is 10.0. The zero-order valence-corrected chi connectivity index (χ0v) is 15.4. The van der Waals surface area contributed by atoms with Crippen LogP contribution in [0.2, 0.25) is 0 Å². The molecule has 1 heterocycles. The number of likely N-dealkylation sites (tertiary alicyclic amines) is 1. The average Bonchev–Trinajstić information content (AvgIpc) is 2.33. The van der Waals surface area contributed by atoms with Crippen molar-refractivity contribution < 1.29 is 17.9 Å². The van der Waals surface area contributed by atoms with Crippen LogP contribution in [0.5, 0.6) is 0 Å². The fourth-order valence-corrected chi connectivity index (χ4v) is 2.46. The summed E-state index contributed by atoms with van der Waals surface area (Å²) in [5.74, 6) is 0. The monoisotopic (exact) mass is 334 g/mol. The third kappa shape index (κ3) is 5.76. The molecule has 0 atom stereocenters. The van der Waals surface area contributed by atoms with E-state index in [0.717, 1.165) is 12.8 Å². The second-order valence-corrected chi connectivity index (χ2v) is 10.3. The van der Waals surface area contributed by atoms with Crippen molar-refractivity contribution in [2.75, 3.05) is 25.9 Å². The zero-order valence-electron chi connectivity index (χ0n) is 14.6.